The van der Waals surface area contributed by atoms with Gasteiger partial charge in [-0.3, -0.25) is 9.59 Å². The number of benzene rings is 1. The molecule has 1 heterocycles. The second-order valence-corrected chi connectivity index (χ2v) is 8.38. The number of fused-ring (bicyclic) bond motifs is 3. The highest BCUT2D eigenvalue weighted by Crippen LogP contribution is 2.63. The summed E-state index contributed by atoms with van der Waals surface area (Å²) < 4.78 is 5.67. The van der Waals surface area contributed by atoms with Gasteiger partial charge in [-0.2, -0.15) is 5.10 Å². The Morgan fingerprint density at radius 1 is 1.35 bits per heavy atom. The van der Waals surface area contributed by atoms with Gasteiger partial charge in [0.1, 0.15) is 5.75 Å². The molecule has 138 valence electrons. The number of anilines is 1. The van der Waals surface area contributed by atoms with Crippen LogP contribution in [-0.2, 0) is 9.59 Å². The number of nitrogens with zero attached hydrogens (tertiary/aromatic N) is 1. The maximum atomic E-state index is 12.3. The Labute approximate surface area is 153 Å². The molecular formula is C20H25N3O3. The molecule has 0 radical (unpaired) electrons. The van der Waals surface area contributed by atoms with Gasteiger partial charge in [0.25, 0.3) is 5.91 Å². The predicted octanol–water partition coefficient (Wildman–Crippen LogP) is 3.09. The summed E-state index contributed by atoms with van der Waals surface area (Å²) >= 11 is 0. The highest BCUT2D eigenvalue weighted by atomic mass is 16.5. The molecule has 3 aliphatic rings. The summed E-state index contributed by atoms with van der Waals surface area (Å²) in [5.41, 5.74) is 4.62. The van der Waals surface area contributed by atoms with E-state index in [0.29, 0.717) is 17.4 Å². The number of rotatable bonds is 3. The van der Waals surface area contributed by atoms with Crippen LogP contribution in [0.3, 0.4) is 0 Å². The number of nitrogens with one attached hydrogen (secondary N) is 2. The Balaban J connectivity index is 1.40. The fourth-order valence-corrected chi connectivity index (χ4v) is 4.67. The molecule has 4 rings (SSSR count). The summed E-state index contributed by atoms with van der Waals surface area (Å²) in [6.45, 7) is 6.85. The first kappa shape index (κ1) is 17.1. The molecule has 0 saturated heterocycles. The number of carbonyl (C=O) groups is 2. The summed E-state index contributed by atoms with van der Waals surface area (Å²) in [7, 11) is 0. The zero-order valence-corrected chi connectivity index (χ0v) is 15.5. The summed E-state index contributed by atoms with van der Waals surface area (Å²) in [6.07, 6.45) is 2.39. The Hall–Kier alpha value is -2.37. The maximum absolute atomic E-state index is 12.3. The first-order valence-electron chi connectivity index (χ1n) is 9.24. The average molecular weight is 355 g/mol. The van der Waals surface area contributed by atoms with E-state index in [2.05, 4.69) is 36.6 Å². The highest BCUT2D eigenvalue weighted by Gasteiger charge is 2.60. The molecule has 3 atom stereocenters. The van der Waals surface area contributed by atoms with Crippen molar-refractivity contribution < 1.29 is 14.3 Å². The smallest absolute Gasteiger partial charge is 0.266 e. The first-order valence-corrected chi connectivity index (χ1v) is 9.24. The number of para-hydroxylation sites is 2. The Kier molecular flexibility index (Phi) is 3.82. The van der Waals surface area contributed by atoms with Crippen LogP contribution >= 0.6 is 0 Å². The topological polar surface area (TPSA) is 79.8 Å². The summed E-state index contributed by atoms with van der Waals surface area (Å²) in [6, 6.07) is 7.20. The van der Waals surface area contributed by atoms with Gasteiger partial charge in [-0.1, -0.05) is 32.9 Å². The summed E-state index contributed by atoms with van der Waals surface area (Å²) in [5.74, 6) is 0.603. The molecule has 2 N–H and O–H groups in total. The van der Waals surface area contributed by atoms with Gasteiger partial charge < -0.3 is 10.1 Å². The minimum atomic E-state index is -0.836. The van der Waals surface area contributed by atoms with Gasteiger partial charge in [0.15, 0.2) is 6.10 Å². The Morgan fingerprint density at radius 3 is 2.81 bits per heavy atom. The monoisotopic (exact) mass is 355 g/mol. The van der Waals surface area contributed by atoms with Crippen LogP contribution in [0.1, 0.15) is 46.5 Å². The number of ether oxygens (including phenoxy) is 1. The lowest BCUT2D eigenvalue weighted by Crippen LogP contribution is -2.40. The second kappa shape index (κ2) is 5.83. The van der Waals surface area contributed by atoms with Crippen molar-refractivity contribution in [3.8, 4) is 5.75 Å². The molecule has 2 fully saturated rings. The van der Waals surface area contributed by atoms with E-state index < -0.39 is 6.10 Å². The minimum Gasteiger partial charge on any atom is -0.478 e. The fraction of sp³-hybridized carbons (Fsp3) is 0.550. The van der Waals surface area contributed by atoms with Gasteiger partial charge >= 0.3 is 0 Å². The normalized spacial score (nSPS) is 32.7. The van der Waals surface area contributed by atoms with E-state index in [1.54, 1.807) is 12.1 Å². The Bertz CT molecular complexity index is 801. The molecular weight excluding hydrogens is 330 g/mol. The van der Waals surface area contributed by atoms with Crippen molar-refractivity contribution in [1.29, 1.82) is 0 Å². The molecule has 1 aromatic carbocycles. The van der Waals surface area contributed by atoms with Crippen molar-refractivity contribution in [3.63, 3.8) is 0 Å². The standard InChI is InChI=1S/C20H25N3O3/c1-19(2)12-8-9-20(19,3)16(10-12)22-23-17(24)11-15-18(25)21-13-6-4-5-7-14(13)26-15/h4-7,12,15H,8-11H2,1-3H3,(H,21,25)(H,23,24)/b22-16+/t12-,15+,20-/m0/s1. The van der Waals surface area contributed by atoms with E-state index in [4.69, 9.17) is 4.74 Å². The lowest BCUT2D eigenvalue weighted by Gasteiger charge is -2.34. The Morgan fingerprint density at radius 2 is 2.12 bits per heavy atom. The number of hydrazone groups is 1. The fourth-order valence-electron chi connectivity index (χ4n) is 4.67. The second-order valence-electron chi connectivity index (χ2n) is 8.38. The number of hydrogen-bond donors (Lipinski definition) is 2. The molecule has 2 saturated carbocycles. The summed E-state index contributed by atoms with van der Waals surface area (Å²) in [5, 5.41) is 7.21. The van der Waals surface area contributed by atoms with E-state index in [0.717, 1.165) is 18.6 Å². The minimum absolute atomic E-state index is 0.0442. The van der Waals surface area contributed by atoms with Crippen LogP contribution in [0.2, 0.25) is 0 Å². The van der Waals surface area contributed by atoms with E-state index in [-0.39, 0.29) is 29.1 Å². The zero-order valence-electron chi connectivity index (χ0n) is 15.5. The molecule has 6 heteroatoms. The van der Waals surface area contributed by atoms with Crippen molar-refractivity contribution >= 4 is 23.2 Å². The number of amides is 2. The van der Waals surface area contributed by atoms with E-state index >= 15 is 0 Å². The van der Waals surface area contributed by atoms with Gasteiger partial charge in [-0.15, -0.1) is 0 Å². The van der Waals surface area contributed by atoms with Crippen LogP contribution in [0.5, 0.6) is 5.75 Å². The number of carbonyl (C=O) groups excluding carboxylic acids is 2. The first-order chi connectivity index (χ1) is 12.3. The lowest BCUT2D eigenvalue weighted by atomic mass is 9.70. The lowest BCUT2D eigenvalue weighted by molar-refractivity contribution is -0.130. The third-order valence-corrected chi connectivity index (χ3v) is 6.91. The van der Waals surface area contributed by atoms with E-state index in [1.807, 2.05) is 12.1 Å². The van der Waals surface area contributed by atoms with Gasteiger partial charge in [-0.25, -0.2) is 5.43 Å². The van der Waals surface area contributed by atoms with Crippen molar-refractivity contribution in [2.75, 3.05) is 5.32 Å². The van der Waals surface area contributed by atoms with Crippen molar-refractivity contribution in [2.45, 2.75) is 52.6 Å². The van der Waals surface area contributed by atoms with Crippen LogP contribution in [0.25, 0.3) is 0 Å². The molecule has 26 heavy (non-hydrogen) atoms. The van der Waals surface area contributed by atoms with Crippen LogP contribution < -0.4 is 15.5 Å². The predicted molar refractivity (Wildman–Crippen MR) is 98.9 cm³/mol. The molecule has 6 nitrogen and oxygen atoms in total. The van der Waals surface area contributed by atoms with E-state index in [1.165, 1.54) is 6.42 Å². The van der Waals surface area contributed by atoms with Crippen LogP contribution in [0, 0.1) is 16.7 Å². The van der Waals surface area contributed by atoms with Crippen LogP contribution in [-0.4, -0.2) is 23.6 Å². The third kappa shape index (κ3) is 2.50. The van der Waals surface area contributed by atoms with Gasteiger partial charge in [0, 0.05) is 11.1 Å². The molecule has 0 spiro atoms. The van der Waals surface area contributed by atoms with Gasteiger partial charge in [-0.05, 0) is 42.7 Å². The average Bonchev–Trinajstić information content (AvgIpc) is 2.94. The van der Waals surface area contributed by atoms with Gasteiger partial charge in [0.2, 0.25) is 5.91 Å². The molecule has 2 amide bonds. The number of hydrogen-bond acceptors (Lipinski definition) is 4. The van der Waals surface area contributed by atoms with Crippen molar-refractivity contribution in [3.05, 3.63) is 24.3 Å². The largest absolute Gasteiger partial charge is 0.478 e. The van der Waals surface area contributed by atoms with Crippen molar-refractivity contribution in [2.24, 2.45) is 21.8 Å². The maximum Gasteiger partial charge on any atom is 0.266 e. The molecule has 0 unspecified atom stereocenters. The molecule has 1 aliphatic heterocycles. The molecule has 0 aromatic heterocycles. The highest BCUT2D eigenvalue weighted by molar-refractivity contribution is 6.00. The quantitative estimate of drug-likeness (QED) is 0.818. The van der Waals surface area contributed by atoms with E-state index in [9.17, 15) is 9.59 Å². The molecule has 2 aliphatic carbocycles. The van der Waals surface area contributed by atoms with Crippen molar-refractivity contribution in [1.82, 2.24) is 5.43 Å². The van der Waals surface area contributed by atoms with Gasteiger partial charge in [0.05, 0.1) is 12.1 Å². The summed E-state index contributed by atoms with van der Waals surface area (Å²) in [4.78, 5) is 24.5. The van der Waals surface area contributed by atoms with Crippen LogP contribution in [0.15, 0.2) is 29.4 Å². The SMILES string of the molecule is CC1(C)[C@H]2CC[C@@]1(C)/C(=N/NC(=O)C[C@H]1Oc3ccccc3NC1=O)C2. The van der Waals surface area contributed by atoms with Crippen LogP contribution in [0.4, 0.5) is 5.69 Å². The molecule has 1 aromatic rings. The molecule has 2 bridgehead atoms. The zero-order chi connectivity index (χ0) is 18.5. The third-order valence-electron chi connectivity index (χ3n) is 6.91.